The molecule has 0 spiro atoms. The van der Waals surface area contributed by atoms with E-state index in [1.165, 1.54) is 0 Å². The van der Waals surface area contributed by atoms with Crippen molar-refractivity contribution >= 4 is 10.9 Å². The Morgan fingerprint density at radius 3 is 2.87 bits per heavy atom. The summed E-state index contributed by atoms with van der Waals surface area (Å²) in [7, 11) is 0. The van der Waals surface area contributed by atoms with Gasteiger partial charge in [0.25, 0.3) is 0 Å². The third-order valence-electron chi connectivity index (χ3n) is 2.40. The molecule has 0 atom stereocenters. The van der Waals surface area contributed by atoms with Crippen LogP contribution in [0.1, 0.15) is 19.5 Å². The molecule has 3 nitrogen and oxygen atoms in total. The zero-order valence-electron chi connectivity index (χ0n) is 9.04. The van der Waals surface area contributed by atoms with Crippen molar-refractivity contribution in [3.8, 4) is 5.75 Å². The number of H-pyrrole nitrogens is 1. The smallest absolute Gasteiger partial charge is 0.124 e. The summed E-state index contributed by atoms with van der Waals surface area (Å²) in [6.45, 7) is 5.02. The number of aromatic hydroxyl groups is 1. The molecule has 1 aromatic heterocycles. The molecule has 1 aromatic carbocycles. The van der Waals surface area contributed by atoms with Crippen LogP contribution in [0.2, 0.25) is 0 Å². The minimum absolute atomic E-state index is 0.333. The number of phenolic OH excluding ortho intramolecular Hbond substituents is 1. The van der Waals surface area contributed by atoms with Crippen molar-refractivity contribution in [3.63, 3.8) is 0 Å². The minimum Gasteiger partial charge on any atom is -0.507 e. The monoisotopic (exact) mass is 204 g/mol. The van der Waals surface area contributed by atoms with Gasteiger partial charge in [0.05, 0.1) is 0 Å². The highest BCUT2D eigenvalue weighted by Gasteiger charge is 2.04. The van der Waals surface area contributed by atoms with Gasteiger partial charge in [-0.15, -0.1) is 0 Å². The SMILES string of the molecule is CC(C)NCc1cc2c(O)cccc2[nH]1. The van der Waals surface area contributed by atoms with Crippen LogP contribution in [0.15, 0.2) is 24.3 Å². The number of nitrogens with one attached hydrogen (secondary N) is 2. The molecule has 0 unspecified atom stereocenters. The maximum atomic E-state index is 9.62. The van der Waals surface area contributed by atoms with Crippen molar-refractivity contribution in [1.82, 2.24) is 10.3 Å². The largest absolute Gasteiger partial charge is 0.507 e. The Kier molecular flexibility index (Phi) is 2.64. The first-order valence-corrected chi connectivity index (χ1v) is 5.20. The first-order chi connectivity index (χ1) is 7.16. The van der Waals surface area contributed by atoms with Crippen molar-refractivity contribution in [2.75, 3.05) is 0 Å². The maximum absolute atomic E-state index is 9.62. The van der Waals surface area contributed by atoms with E-state index >= 15 is 0 Å². The number of phenols is 1. The fourth-order valence-corrected chi connectivity index (χ4v) is 1.61. The Morgan fingerprint density at radius 1 is 1.40 bits per heavy atom. The maximum Gasteiger partial charge on any atom is 0.124 e. The van der Waals surface area contributed by atoms with Gasteiger partial charge in [-0.2, -0.15) is 0 Å². The predicted octanol–water partition coefficient (Wildman–Crippen LogP) is 2.37. The summed E-state index contributed by atoms with van der Waals surface area (Å²) >= 11 is 0. The Hall–Kier alpha value is -1.48. The van der Waals surface area contributed by atoms with Gasteiger partial charge in [-0.3, -0.25) is 0 Å². The molecule has 80 valence electrons. The first kappa shape index (κ1) is 10.1. The molecule has 0 fully saturated rings. The van der Waals surface area contributed by atoms with Gasteiger partial charge in [-0.1, -0.05) is 19.9 Å². The van der Waals surface area contributed by atoms with Gasteiger partial charge < -0.3 is 15.4 Å². The van der Waals surface area contributed by atoms with Crippen LogP contribution in [0.5, 0.6) is 5.75 Å². The molecule has 0 amide bonds. The van der Waals surface area contributed by atoms with Crippen molar-refractivity contribution in [2.45, 2.75) is 26.4 Å². The van der Waals surface area contributed by atoms with E-state index in [0.717, 1.165) is 23.1 Å². The summed E-state index contributed by atoms with van der Waals surface area (Å²) in [4.78, 5) is 3.27. The summed E-state index contributed by atoms with van der Waals surface area (Å²) < 4.78 is 0. The molecule has 0 radical (unpaired) electrons. The van der Waals surface area contributed by atoms with Crippen LogP contribution in [0.3, 0.4) is 0 Å². The lowest BCUT2D eigenvalue weighted by Gasteiger charge is -2.05. The van der Waals surface area contributed by atoms with Gasteiger partial charge >= 0.3 is 0 Å². The molecule has 2 rings (SSSR count). The van der Waals surface area contributed by atoms with Crippen molar-refractivity contribution < 1.29 is 5.11 Å². The van der Waals surface area contributed by atoms with Gasteiger partial charge in [0.15, 0.2) is 0 Å². The lowest BCUT2D eigenvalue weighted by Crippen LogP contribution is -2.21. The Bertz CT molecular complexity index is 460. The molecule has 0 aliphatic heterocycles. The third kappa shape index (κ3) is 2.13. The molecular formula is C12H16N2O. The van der Waals surface area contributed by atoms with Gasteiger partial charge in [0.2, 0.25) is 0 Å². The van der Waals surface area contributed by atoms with Crippen molar-refractivity contribution in [3.05, 3.63) is 30.0 Å². The molecule has 15 heavy (non-hydrogen) atoms. The lowest BCUT2D eigenvalue weighted by atomic mass is 10.2. The topological polar surface area (TPSA) is 48.0 Å². The number of hydrogen-bond donors (Lipinski definition) is 3. The number of aromatic amines is 1. The fourth-order valence-electron chi connectivity index (χ4n) is 1.61. The Balaban J connectivity index is 2.27. The van der Waals surface area contributed by atoms with Gasteiger partial charge in [-0.05, 0) is 18.2 Å². The van der Waals surface area contributed by atoms with E-state index in [1.807, 2.05) is 18.2 Å². The Labute approximate surface area is 89.1 Å². The number of rotatable bonds is 3. The van der Waals surface area contributed by atoms with E-state index in [4.69, 9.17) is 0 Å². The molecule has 0 saturated carbocycles. The van der Waals surface area contributed by atoms with E-state index in [0.29, 0.717) is 11.8 Å². The summed E-state index contributed by atoms with van der Waals surface area (Å²) in [5.74, 6) is 0.333. The normalized spacial score (nSPS) is 11.4. The van der Waals surface area contributed by atoms with E-state index < -0.39 is 0 Å². The highest BCUT2D eigenvalue weighted by atomic mass is 16.3. The summed E-state index contributed by atoms with van der Waals surface area (Å²) in [6, 6.07) is 7.96. The van der Waals surface area contributed by atoms with Crippen LogP contribution in [0.25, 0.3) is 10.9 Å². The molecule has 3 heteroatoms. The summed E-state index contributed by atoms with van der Waals surface area (Å²) in [5, 5.41) is 13.8. The molecule has 0 aliphatic rings. The summed E-state index contributed by atoms with van der Waals surface area (Å²) in [5.41, 5.74) is 2.08. The minimum atomic E-state index is 0.333. The fraction of sp³-hybridized carbons (Fsp3) is 0.333. The first-order valence-electron chi connectivity index (χ1n) is 5.20. The molecule has 0 aliphatic carbocycles. The molecule has 1 heterocycles. The highest BCUT2D eigenvalue weighted by Crippen LogP contribution is 2.24. The second kappa shape index (κ2) is 3.95. The summed E-state index contributed by atoms with van der Waals surface area (Å²) in [6.07, 6.45) is 0. The molecule has 0 bridgehead atoms. The number of hydrogen-bond acceptors (Lipinski definition) is 2. The van der Waals surface area contributed by atoms with Gasteiger partial charge in [0, 0.05) is 29.2 Å². The van der Waals surface area contributed by atoms with Crippen LogP contribution < -0.4 is 5.32 Å². The van der Waals surface area contributed by atoms with Crippen molar-refractivity contribution in [2.24, 2.45) is 0 Å². The standard InChI is InChI=1S/C12H16N2O/c1-8(2)13-7-9-6-10-11(14-9)4-3-5-12(10)15/h3-6,8,13-15H,7H2,1-2H3. The molecule has 3 N–H and O–H groups in total. The van der Waals surface area contributed by atoms with E-state index in [9.17, 15) is 5.11 Å². The van der Waals surface area contributed by atoms with Crippen LogP contribution >= 0.6 is 0 Å². The quantitative estimate of drug-likeness (QED) is 0.718. The lowest BCUT2D eigenvalue weighted by molar-refractivity contribution is 0.481. The average molecular weight is 204 g/mol. The predicted molar refractivity (Wildman–Crippen MR) is 61.9 cm³/mol. The number of fused-ring (bicyclic) bond motifs is 1. The van der Waals surface area contributed by atoms with Crippen LogP contribution in [-0.2, 0) is 6.54 Å². The van der Waals surface area contributed by atoms with Crippen LogP contribution in [0, 0.1) is 0 Å². The van der Waals surface area contributed by atoms with Gasteiger partial charge in [0.1, 0.15) is 5.75 Å². The zero-order valence-corrected chi connectivity index (χ0v) is 9.04. The zero-order chi connectivity index (χ0) is 10.8. The van der Waals surface area contributed by atoms with E-state index in [2.05, 4.69) is 24.1 Å². The average Bonchev–Trinajstić information content (AvgIpc) is 2.59. The van der Waals surface area contributed by atoms with Crippen LogP contribution in [0.4, 0.5) is 0 Å². The highest BCUT2D eigenvalue weighted by molar-refractivity contribution is 5.86. The molecule has 0 saturated heterocycles. The Morgan fingerprint density at radius 2 is 2.20 bits per heavy atom. The van der Waals surface area contributed by atoms with Crippen LogP contribution in [-0.4, -0.2) is 16.1 Å². The van der Waals surface area contributed by atoms with Gasteiger partial charge in [-0.25, -0.2) is 0 Å². The van der Waals surface area contributed by atoms with E-state index in [-0.39, 0.29) is 0 Å². The second-order valence-corrected chi connectivity index (χ2v) is 4.07. The number of benzene rings is 1. The van der Waals surface area contributed by atoms with E-state index in [1.54, 1.807) is 6.07 Å². The van der Waals surface area contributed by atoms with Crippen molar-refractivity contribution in [1.29, 1.82) is 0 Å². The third-order valence-corrected chi connectivity index (χ3v) is 2.40. The number of aromatic nitrogens is 1. The molecular weight excluding hydrogens is 188 g/mol. The second-order valence-electron chi connectivity index (χ2n) is 4.07. The molecule has 2 aromatic rings.